The van der Waals surface area contributed by atoms with Gasteiger partial charge in [0.25, 0.3) is 0 Å². The molecule has 0 bridgehead atoms. The van der Waals surface area contributed by atoms with Gasteiger partial charge in [-0.1, -0.05) is 62.8 Å². The van der Waals surface area contributed by atoms with E-state index in [0.717, 1.165) is 24.3 Å². The number of benzene rings is 2. The molecule has 0 aliphatic carbocycles. The number of terminal acetylenes is 1. The molecule has 2 rings (SSSR count). The van der Waals surface area contributed by atoms with Gasteiger partial charge in [-0.15, -0.1) is 6.42 Å². The minimum atomic E-state index is 0.805. The van der Waals surface area contributed by atoms with Crippen LogP contribution >= 0.6 is 0 Å². The Morgan fingerprint density at radius 3 is 2.00 bits per heavy atom. The van der Waals surface area contributed by atoms with E-state index in [0.29, 0.717) is 0 Å². The van der Waals surface area contributed by atoms with E-state index in [2.05, 4.69) is 37.1 Å². The molecule has 0 aliphatic rings. The average Bonchev–Trinajstić information content (AvgIpc) is 2.59. The van der Waals surface area contributed by atoms with Crippen LogP contribution in [0.3, 0.4) is 0 Å². The van der Waals surface area contributed by atoms with Crippen molar-refractivity contribution >= 4 is 0 Å². The molecule has 114 valence electrons. The molecule has 22 heavy (non-hydrogen) atoms. The number of hydrogen-bond acceptors (Lipinski definition) is 1. The Labute approximate surface area is 134 Å². The van der Waals surface area contributed by atoms with Crippen LogP contribution in [-0.4, -0.2) is 6.61 Å². The minimum absolute atomic E-state index is 0.805. The molecule has 2 aromatic rings. The molecule has 1 nitrogen and oxygen atoms in total. The summed E-state index contributed by atoms with van der Waals surface area (Å²) < 4.78 is 5.79. The van der Waals surface area contributed by atoms with Gasteiger partial charge in [0.2, 0.25) is 0 Å². The second-order valence-corrected chi connectivity index (χ2v) is 5.51. The Balaban J connectivity index is 1.83. The zero-order valence-corrected chi connectivity index (χ0v) is 13.3. The Bertz CT molecular complexity index is 587. The van der Waals surface area contributed by atoms with Gasteiger partial charge in [-0.3, -0.25) is 0 Å². The monoisotopic (exact) mass is 292 g/mol. The first-order valence-corrected chi connectivity index (χ1v) is 8.13. The third-order valence-electron chi connectivity index (χ3n) is 3.76. The maximum atomic E-state index is 5.79. The predicted molar refractivity (Wildman–Crippen MR) is 94.1 cm³/mol. The van der Waals surface area contributed by atoms with Crippen molar-refractivity contribution in [3.05, 3.63) is 54.1 Å². The topological polar surface area (TPSA) is 9.23 Å². The molecule has 0 N–H and O–H groups in total. The van der Waals surface area contributed by atoms with Crippen LogP contribution in [0.15, 0.2) is 48.5 Å². The van der Waals surface area contributed by atoms with E-state index in [1.165, 1.54) is 36.8 Å². The fraction of sp³-hybridized carbons (Fsp3) is 0.333. The van der Waals surface area contributed by atoms with Crippen molar-refractivity contribution in [2.45, 2.75) is 39.0 Å². The van der Waals surface area contributed by atoms with Crippen molar-refractivity contribution in [2.24, 2.45) is 0 Å². The summed E-state index contributed by atoms with van der Waals surface area (Å²) >= 11 is 0. The van der Waals surface area contributed by atoms with Crippen molar-refractivity contribution in [1.29, 1.82) is 0 Å². The highest BCUT2D eigenvalue weighted by atomic mass is 16.5. The summed E-state index contributed by atoms with van der Waals surface area (Å²) in [6.45, 7) is 3.04. The number of rotatable bonds is 8. The fourth-order valence-corrected chi connectivity index (χ4v) is 2.40. The maximum absolute atomic E-state index is 5.79. The van der Waals surface area contributed by atoms with E-state index in [4.69, 9.17) is 11.2 Å². The van der Waals surface area contributed by atoms with Crippen LogP contribution in [0.1, 0.15) is 44.6 Å². The molecule has 0 unspecified atom stereocenters. The summed E-state index contributed by atoms with van der Waals surface area (Å²) in [5.74, 6) is 3.58. The summed E-state index contributed by atoms with van der Waals surface area (Å²) in [5, 5.41) is 0. The average molecular weight is 292 g/mol. The van der Waals surface area contributed by atoms with Crippen LogP contribution in [0.25, 0.3) is 11.1 Å². The minimum Gasteiger partial charge on any atom is -0.494 e. The van der Waals surface area contributed by atoms with Crippen LogP contribution in [-0.2, 0) is 0 Å². The van der Waals surface area contributed by atoms with Crippen molar-refractivity contribution in [3.63, 3.8) is 0 Å². The Morgan fingerprint density at radius 2 is 1.41 bits per heavy atom. The van der Waals surface area contributed by atoms with E-state index in [9.17, 15) is 0 Å². The van der Waals surface area contributed by atoms with Gasteiger partial charge in [0.05, 0.1) is 6.61 Å². The van der Waals surface area contributed by atoms with E-state index < -0.39 is 0 Å². The van der Waals surface area contributed by atoms with Gasteiger partial charge in [0, 0.05) is 5.56 Å². The molecular formula is C21H24O. The molecule has 2 aromatic carbocycles. The molecule has 0 spiro atoms. The van der Waals surface area contributed by atoms with Crippen LogP contribution in [0, 0.1) is 12.3 Å². The predicted octanol–water partition coefficient (Wildman–Crippen LogP) is 5.68. The fourth-order valence-electron chi connectivity index (χ4n) is 2.40. The number of unbranched alkanes of at least 4 members (excludes halogenated alkanes) is 4. The highest BCUT2D eigenvalue weighted by Gasteiger charge is 1.99. The van der Waals surface area contributed by atoms with Gasteiger partial charge in [-0.2, -0.15) is 0 Å². The van der Waals surface area contributed by atoms with E-state index in [1.54, 1.807) is 0 Å². The third kappa shape index (κ3) is 4.97. The largest absolute Gasteiger partial charge is 0.494 e. The van der Waals surface area contributed by atoms with Crippen LogP contribution in [0.5, 0.6) is 5.75 Å². The first kappa shape index (κ1) is 16.2. The van der Waals surface area contributed by atoms with Crippen LogP contribution in [0.4, 0.5) is 0 Å². The maximum Gasteiger partial charge on any atom is 0.119 e. The molecule has 1 heteroatoms. The Morgan fingerprint density at radius 1 is 0.818 bits per heavy atom. The first-order chi connectivity index (χ1) is 10.8. The normalized spacial score (nSPS) is 10.2. The SMILES string of the molecule is C#Cc1ccc(-c2ccc(OCCCCCCC)cc2)cc1. The number of hydrogen-bond donors (Lipinski definition) is 0. The molecule has 0 fully saturated rings. The summed E-state index contributed by atoms with van der Waals surface area (Å²) in [5.41, 5.74) is 3.26. The quantitative estimate of drug-likeness (QED) is 0.449. The van der Waals surface area contributed by atoms with E-state index >= 15 is 0 Å². The molecular weight excluding hydrogens is 268 g/mol. The van der Waals surface area contributed by atoms with Gasteiger partial charge < -0.3 is 4.74 Å². The second-order valence-electron chi connectivity index (χ2n) is 5.51. The first-order valence-electron chi connectivity index (χ1n) is 8.13. The van der Waals surface area contributed by atoms with Gasteiger partial charge in [-0.25, -0.2) is 0 Å². The smallest absolute Gasteiger partial charge is 0.119 e. The third-order valence-corrected chi connectivity index (χ3v) is 3.76. The number of ether oxygens (including phenoxy) is 1. The summed E-state index contributed by atoms with van der Waals surface area (Å²) in [6, 6.07) is 16.3. The lowest BCUT2D eigenvalue weighted by molar-refractivity contribution is 0.304. The van der Waals surface area contributed by atoms with Gasteiger partial charge in [0.1, 0.15) is 5.75 Å². The summed E-state index contributed by atoms with van der Waals surface area (Å²) in [7, 11) is 0. The standard InChI is InChI=1S/C21H24O/c1-3-5-6-7-8-17-22-21-15-13-20(14-16-21)19-11-9-18(4-2)10-12-19/h2,9-16H,3,5-8,17H2,1H3. The van der Waals surface area contributed by atoms with Crippen LogP contribution < -0.4 is 4.74 Å². The van der Waals surface area contributed by atoms with Crippen molar-refractivity contribution < 1.29 is 4.74 Å². The van der Waals surface area contributed by atoms with E-state index in [-0.39, 0.29) is 0 Å². The van der Waals surface area contributed by atoms with Crippen LogP contribution in [0.2, 0.25) is 0 Å². The molecule has 0 heterocycles. The second kappa shape index (κ2) is 8.95. The Hall–Kier alpha value is -2.20. The molecule has 0 aliphatic heterocycles. The van der Waals surface area contributed by atoms with Gasteiger partial charge in [-0.05, 0) is 41.8 Å². The van der Waals surface area contributed by atoms with Crippen molar-refractivity contribution in [3.8, 4) is 29.2 Å². The zero-order chi connectivity index (χ0) is 15.6. The molecule has 0 amide bonds. The molecule has 0 saturated carbocycles. The highest BCUT2D eigenvalue weighted by Crippen LogP contribution is 2.23. The van der Waals surface area contributed by atoms with Gasteiger partial charge >= 0.3 is 0 Å². The van der Waals surface area contributed by atoms with Crippen molar-refractivity contribution in [1.82, 2.24) is 0 Å². The molecule has 0 saturated heterocycles. The molecule has 0 atom stereocenters. The highest BCUT2D eigenvalue weighted by molar-refractivity contribution is 5.65. The molecule has 0 radical (unpaired) electrons. The zero-order valence-electron chi connectivity index (χ0n) is 13.3. The molecule has 0 aromatic heterocycles. The lowest BCUT2D eigenvalue weighted by Crippen LogP contribution is -1.97. The van der Waals surface area contributed by atoms with Gasteiger partial charge in [0.15, 0.2) is 0 Å². The lowest BCUT2D eigenvalue weighted by atomic mass is 10.0. The summed E-state index contributed by atoms with van der Waals surface area (Å²) in [4.78, 5) is 0. The summed E-state index contributed by atoms with van der Waals surface area (Å²) in [6.07, 6.45) is 11.7. The Kier molecular flexibility index (Phi) is 6.58. The van der Waals surface area contributed by atoms with Crippen molar-refractivity contribution in [2.75, 3.05) is 6.61 Å². The van der Waals surface area contributed by atoms with E-state index in [1.807, 2.05) is 24.3 Å². The lowest BCUT2D eigenvalue weighted by Gasteiger charge is -2.07.